The number of phenolic OH excluding ortho intramolecular Hbond substituents is 1. The number of amides is 1. The predicted octanol–water partition coefficient (Wildman–Crippen LogP) is 3.61. The van der Waals surface area contributed by atoms with Crippen LogP contribution in [0.2, 0.25) is 0 Å². The minimum Gasteiger partial charge on any atom is -0.506 e. The van der Waals surface area contributed by atoms with Gasteiger partial charge in [0.05, 0.1) is 30.0 Å². The molecule has 0 aliphatic carbocycles. The zero-order valence-corrected chi connectivity index (χ0v) is 13.9. The van der Waals surface area contributed by atoms with Crippen molar-refractivity contribution in [3.05, 3.63) is 59.4 Å². The molecule has 6 nitrogen and oxygen atoms in total. The molecule has 0 atom stereocenters. The van der Waals surface area contributed by atoms with E-state index < -0.39 is 5.91 Å². The minimum absolute atomic E-state index is 0.113. The van der Waals surface area contributed by atoms with Crippen molar-refractivity contribution in [2.45, 2.75) is 13.8 Å². The van der Waals surface area contributed by atoms with E-state index in [4.69, 9.17) is 9.15 Å². The van der Waals surface area contributed by atoms with Gasteiger partial charge in [-0.15, -0.1) is 0 Å². The molecule has 0 saturated heterocycles. The highest BCUT2D eigenvalue weighted by Gasteiger charge is 2.16. The van der Waals surface area contributed by atoms with Crippen LogP contribution < -0.4 is 10.2 Å². The van der Waals surface area contributed by atoms with E-state index in [0.717, 1.165) is 16.9 Å². The maximum Gasteiger partial charge on any atom is 0.275 e. The number of furan rings is 1. The SMILES string of the molecule is CCOc1ccc(/C=N/NC(=O)c2ccc3occ(C)c3c2O)cc1. The zero-order valence-electron chi connectivity index (χ0n) is 13.9. The smallest absolute Gasteiger partial charge is 0.275 e. The fraction of sp³-hybridized carbons (Fsp3) is 0.158. The summed E-state index contributed by atoms with van der Waals surface area (Å²) in [6.45, 7) is 4.33. The highest BCUT2D eigenvalue weighted by atomic mass is 16.5. The third-order valence-corrected chi connectivity index (χ3v) is 3.71. The summed E-state index contributed by atoms with van der Waals surface area (Å²) in [5.74, 6) is 0.164. The number of fused-ring (bicyclic) bond motifs is 1. The van der Waals surface area contributed by atoms with Crippen molar-refractivity contribution < 1.29 is 19.1 Å². The molecule has 0 spiro atoms. The van der Waals surface area contributed by atoms with E-state index in [2.05, 4.69) is 10.5 Å². The maximum absolute atomic E-state index is 12.2. The maximum atomic E-state index is 12.2. The Morgan fingerprint density at radius 3 is 2.76 bits per heavy atom. The number of aryl methyl sites for hydroxylation is 1. The largest absolute Gasteiger partial charge is 0.506 e. The Morgan fingerprint density at radius 1 is 1.28 bits per heavy atom. The number of nitrogens with zero attached hydrogens (tertiary/aromatic N) is 1. The molecular weight excluding hydrogens is 320 g/mol. The molecule has 0 fully saturated rings. The standard InChI is InChI=1S/C19H18N2O4/c1-3-24-14-6-4-13(5-7-14)10-20-21-19(23)15-8-9-16-17(18(15)22)12(2)11-25-16/h4-11,22H,3H2,1-2H3,(H,21,23)/b20-10+. The molecule has 0 aliphatic rings. The van der Waals surface area contributed by atoms with Crippen molar-refractivity contribution in [1.29, 1.82) is 0 Å². The van der Waals surface area contributed by atoms with E-state index >= 15 is 0 Å². The van der Waals surface area contributed by atoms with E-state index in [0.29, 0.717) is 17.6 Å². The molecule has 0 unspecified atom stereocenters. The number of carbonyl (C=O) groups is 1. The second-order valence-electron chi connectivity index (χ2n) is 5.45. The lowest BCUT2D eigenvalue weighted by Crippen LogP contribution is -2.17. The number of ether oxygens (including phenoxy) is 1. The summed E-state index contributed by atoms with van der Waals surface area (Å²) in [6.07, 6.45) is 3.06. The summed E-state index contributed by atoms with van der Waals surface area (Å²) in [6, 6.07) is 10.5. The number of hydrogen-bond acceptors (Lipinski definition) is 5. The quantitative estimate of drug-likeness (QED) is 0.550. The molecule has 0 aliphatic heterocycles. The van der Waals surface area contributed by atoms with Gasteiger partial charge in [-0.2, -0.15) is 5.10 Å². The molecule has 25 heavy (non-hydrogen) atoms. The molecular formula is C19H18N2O4. The number of phenols is 1. The number of nitrogens with one attached hydrogen (secondary N) is 1. The molecule has 3 aromatic rings. The Bertz CT molecular complexity index is 926. The molecule has 6 heteroatoms. The third-order valence-electron chi connectivity index (χ3n) is 3.71. The second kappa shape index (κ2) is 7.09. The molecule has 0 radical (unpaired) electrons. The Hall–Kier alpha value is -3.28. The van der Waals surface area contributed by atoms with Crippen LogP contribution in [0.3, 0.4) is 0 Å². The predicted molar refractivity (Wildman–Crippen MR) is 95.3 cm³/mol. The summed E-state index contributed by atoms with van der Waals surface area (Å²) >= 11 is 0. The lowest BCUT2D eigenvalue weighted by molar-refractivity contribution is 0.0952. The third kappa shape index (κ3) is 3.47. The van der Waals surface area contributed by atoms with Crippen LogP contribution in [-0.2, 0) is 0 Å². The van der Waals surface area contributed by atoms with Crippen molar-refractivity contribution in [2.75, 3.05) is 6.61 Å². The van der Waals surface area contributed by atoms with Gasteiger partial charge in [0.15, 0.2) is 0 Å². The summed E-state index contributed by atoms with van der Waals surface area (Å²) in [5, 5.41) is 14.8. The minimum atomic E-state index is -0.498. The van der Waals surface area contributed by atoms with Crippen LogP contribution in [-0.4, -0.2) is 23.8 Å². The fourth-order valence-corrected chi connectivity index (χ4v) is 2.49. The lowest BCUT2D eigenvalue weighted by Gasteiger charge is -2.04. The molecule has 1 aromatic heterocycles. The number of hydrazone groups is 1. The topological polar surface area (TPSA) is 84.1 Å². The van der Waals surface area contributed by atoms with E-state index in [-0.39, 0.29) is 11.3 Å². The summed E-state index contributed by atoms with van der Waals surface area (Å²) < 4.78 is 10.7. The first-order valence-electron chi connectivity index (χ1n) is 7.86. The van der Waals surface area contributed by atoms with Crippen LogP contribution in [0, 0.1) is 6.92 Å². The first kappa shape index (κ1) is 16.6. The van der Waals surface area contributed by atoms with Crippen molar-refractivity contribution in [1.82, 2.24) is 5.43 Å². The van der Waals surface area contributed by atoms with Crippen molar-refractivity contribution in [3.63, 3.8) is 0 Å². The number of rotatable bonds is 5. The Balaban J connectivity index is 1.72. The zero-order chi connectivity index (χ0) is 17.8. The lowest BCUT2D eigenvalue weighted by atomic mass is 10.1. The average Bonchev–Trinajstić information content (AvgIpc) is 2.99. The first-order valence-corrected chi connectivity index (χ1v) is 7.86. The fourth-order valence-electron chi connectivity index (χ4n) is 2.49. The van der Waals surface area contributed by atoms with E-state index in [1.54, 1.807) is 13.0 Å². The Kier molecular flexibility index (Phi) is 4.70. The number of hydrogen-bond donors (Lipinski definition) is 2. The van der Waals surface area contributed by atoms with Gasteiger partial charge >= 0.3 is 0 Å². The van der Waals surface area contributed by atoms with Crippen LogP contribution >= 0.6 is 0 Å². The second-order valence-corrected chi connectivity index (χ2v) is 5.45. The average molecular weight is 338 g/mol. The molecule has 128 valence electrons. The molecule has 1 amide bonds. The summed E-state index contributed by atoms with van der Waals surface area (Å²) in [5.41, 5.74) is 4.66. The molecule has 2 N–H and O–H groups in total. The first-order chi connectivity index (χ1) is 12.1. The van der Waals surface area contributed by atoms with E-state index in [1.165, 1.54) is 18.5 Å². The van der Waals surface area contributed by atoms with Gasteiger partial charge in [0.2, 0.25) is 0 Å². The van der Waals surface area contributed by atoms with Gasteiger partial charge in [-0.05, 0) is 61.4 Å². The summed E-state index contributed by atoms with van der Waals surface area (Å²) in [7, 11) is 0. The van der Waals surface area contributed by atoms with Gasteiger partial charge in [0, 0.05) is 0 Å². The van der Waals surface area contributed by atoms with Crippen molar-refractivity contribution in [3.8, 4) is 11.5 Å². The van der Waals surface area contributed by atoms with Crippen LogP contribution in [0.15, 0.2) is 52.2 Å². The summed E-state index contributed by atoms with van der Waals surface area (Å²) in [4.78, 5) is 12.2. The Morgan fingerprint density at radius 2 is 2.04 bits per heavy atom. The molecule has 0 bridgehead atoms. The highest BCUT2D eigenvalue weighted by molar-refractivity contribution is 6.03. The molecule has 0 saturated carbocycles. The van der Waals surface area contributed by atoms with Gasteiger partial charge in [0.1, 0.15) is 17.1 Å². The number of aromatic hydroxyl groups is 1. The molecule has 3 rings (SSSR count). The normalized spacial score (nSPS) is 11.1. The number of carbonyl (C=O) groups excluding carboxylic acids is 1. The van der Waals surface area contributed by atoms with Crippen LogP contribution in [0.4, 0.5) is 0 Å². The van der Waals surface area contributed by atoms with Crippen molar-refractivity contribution >= 4 is 23.1 Å². The van der Waals surface area contributed by atoms with E-state index in [9.17, 15) is 9.90 Å². The van der Waals surface area contributed by atoms with Gasteiger partial charge in [-0.25, -0.2) is 5.43 Å². The van der Waals surface area contributed by atoms with Gasteiger partial charge in [-0.3, -0.25) is 4.79 Å². The van der Waals surface area contributed by atoms with Gasteiger partial charge in [-0.1, -0.05) is 0 Å². The van der Waals surface area contributed by atoms with Crippen LogP contribution in [0.5, 0.6) is 11.5 Å². The van der Waals surface area contributed by atoms with Gasteiger partial charge in [0.25, 0.3) is 5.91 Å². The highest BCUT2D eigenvalue weighted by Crippen LogP contribution is 2.32. The van der Waals surface area contributed by atoms with Gasteiger partial charge < -0.3 is 14.3 Å². The van der Waals surface area contributed by atoms with Crippen LogP contribution in [0.1, 0.15) is 28.4 Å². The Labute approximate surface area is 144 Å². The monoisotopic (exact) mass is 338 g/mol. The number of benzene rings is 2. The molecule has 2 aromatic carbocycles. The molecule has 1 heterocycles. The van der Waals surface area contributed by atoms with Crippen molar-refractivity contribution in [2.24, 2.45) is 5.10 Å². The van der Waals surface area contributed by atoms with E-state index in [1.807, 2.05) is 31.2 Å². The van der Waals surface area contributed by atoms with Crippen LogP contribution in [0.25, 0.3) is 11.0 Å².